The molecule has 7 heteroatoms. The van der Waals surface area contributed by atoms with Crippen molar-refractivity contribution in [3.8, 4) is 0 Å². The minimum atomic E-state index is -0.461. The molecule has 0 aliphatic carbocycles. The summed E-state index contributed by atoms with van der Waals surface area (Å²) < 4.78 is 0. The van der Waals surface area contributed by atoms with Crippen LogP contribution in [0, 0.1) is 0 Å². The van der Waals surface area contributed by atoms with Crippen LogP contribution in [-0.4, -0.2) is 47.0 Å². The van der Waals surface area contributed by atoms with Crippen LogP contribution in [0.3, 0.4) is 0 Å². The predicted octanol–water partition coefficient (Wildman–Crippen LogP) is -1.76. The van der Waals surface area contributed by atoms with Gasteiger partial charge in [-0.1, -0.05) is 0 Å². The lowest BCUT2D eigenvalue weighted by molar-refractivity contribution is -0.124. The van der Waals surface area contributed by atoms with Crippen LogP contribution in [0.5, 0.6) is 0 Å². The largest absolute Gasteiger partial charge is 0.395 e. The van der Waals surface area contributed by atoms with E-state index in [1.54, 1.807) is 0 Å². The van der Waals surface area contributed by atoms with Crippen molar-refractivity contribution in [2.75, 3.05) is 18.9 Å². The van der Waals surface area contributed by atoms with E-state index in [0.717, 1.165) is 11.8 Å². The number of rotatable bonds is 5. The number of aliphatic hydroxyl groups is 1. The molecule has 1 fully saturated rings. The van der Waals surface area contributed by atoms with Gasteiger partial charge in [-0.2, -0.15) is 0 Å². The molecule has 0 spiro atoms. The molecule has 3 amide bonds. The number of carbonyl (C=O) groups excluding carboxylic acids is 3. The highest BCUT2D eigenvalue weighted by Gasteiger charge is 2.31. The Balaban J connectivity index is 2.22. The molecule has 0 aromatic carbocycles. The van der Waals surface area contributed by atoms with Crippen LogP contribution in [0.1, 0.15) is 6.42 Å². The van der Waals surface area contributed by atoms with E-state index in [-0.39, 0.29) is 43.0 Å². The molecule has 1 rings (SSSR count). The van der Waals surface area contributed by atoms with E-state index in [2.05, 4.69) is 10.6 Å². The van der Waals surface area contributed by atoms with E-state index in [4.69, 9.17) is 5.11 Å². The van der Waals surface area contributed by atoms with Crippen LogP contribution in [0.4, 0.5) is 0 Å². The third-order valence-electron chi connectivity index (χ3n) is 1.78. The number of nitrogens with one attached hydrogen (secondary N) is 2. The molecule has 15 heavy (non-hydrogen) atoms. The lowest BCUT2D eigenvalue weighted by Gasteiger charge is -2.05. The molecule has 1 atom stereocenters. The Morgan fingerprint density at radius 2 is 2.33 bits per heavy atom. The smallest absolute Gasteiger partial charge is 0.240 e. The third kappa shape index (κ3) is 3.88. The fraction of sp³-hybridized carbons (Fsp3) is 0.625. The molecular weight excluding hydrogens is 220 g/mol. The zero-order valence-corrected chi connectivity index (χ0v) is 8.80. The maximum absolute atomic E-state index is 11.1. The first-order valence-corrected chi connectivity index (χ1v) is 5.51. The van der Waals surface area contributed by atoms with Crippen molar-refractivity contribution < 1.29 is 19.5 Å². The Labute approximate surface area is 90.8 Å². The SMILES string of the molecule is O=C(CSC1CC(=O)NC1=O)NCCO. The van der Waals surface area contributed by atoms with Crippen LogP contribution in [0.15, 0.2) is 0 Å². The normalized spacial score (nSPS) is 20.2. The molecule has 1 saturated heterocycles. The van der Waals surface area contributed by atoms with Crippen molar-refractivity contribution >= 4 is 29.5 Å². The number of amides is 3. The van der Waals surface area contributed by atoms with Crippen molar-refractivity contribution in [3.63, 3.8) is 0 Å². The fourth-order valence-electron chi connectivity index (χ4n) is 1.09. The Morgan fingerprint density at radius 3 is 2.87 bits per heavy atom. The van der Waals surface area contributed by atoms with E-state index in [1.165, 1.54) is 0 Å². The molecule has 0 aromatic rings. The zero-order valence-electron chi connectivity index (χ0n) is 7.99. The van der Waals surface area contributed by atoms with Crippen molar-refractivity contribution in [2.24, 2.45) is 0 Å². The third-order valence-corrected chi connectivity index (χ3v) is 2.99. The van der Waals surface area contributed by atoms with Gasteiger partial charge in [-0.25, -0.2) is 0 Å². The number of thioether (sulfide) groups is 1. The number of aliphatic hydroxyl groups excluding tert-OH is 1. The second-order valence-electron chi connectivity index (χ2n) is 2.99. The summed E-state index contributed by atoms with van der Waals surface area (Å²) in [5.74, 6) is -0.764. The highest BCUT2D eigenvalue weighted by atomic mass is 32.2. The molecule has 0 aromatic heterocycles. The molecule has 0 radical (unpaired) electrons. The Morgan fingerprint density at radius 1 is 1.60 bits per heavy atom. The van der Waals surface area contributed by atoms with Crippen LogP contribution >= 0.6 is 11.8 Å². The topological polar surface area (TPSA) is 95.5 Å². The van der Waals surface area contributed by atoms with Gasteiger partial charge < -0.3 is 10.4 Å². The van der Waals surface area contributed by atoms with Gasteiger partial charge in [-0.05, 0) is 0 Å². The molecule has 0 bridgehead atoms. The summed E-state index contributed by atoms with van der Waals surface area (Å²) in [7, 11) is 0. The average molecular weight is 232 g/mol. The highest BCUT2D eigenvalue weighted by molar-refractivity contribution is 8.01. The van der Waals surface area contributed by atoms with Crippen molar-refractivity contribution in [2.45, 2.75) is 11.7 Å². The first kappa shape index (κ1) is 12.0. The molecule has 6 nitrogen and oxygen atoms in total. The molecule has 1 heterocycles. The van der Waals surface area contributed by atoms with Gasteiger partial charge in [0.15, 0.2) is 0 Å². The molecule has 0 saturated carbocycles. The summed E-state index contributed by atoms with van der Waals surface area (Å²) in [5, 5.41) is 12.6. The Kier molecular flexibility index (Phi) is 4.57. The van der Waals surface area contributed by atoms with E-state index in [9.17, 15) is 14.4 Å². The maximum atomic E-state index is 11.1. The average Bonchev–Trinajstić information content (AvgIpc) is 2.51. The molecule has 3 N–H and O–H groups in total. The number of imide groups is 1. The van der Waals surface area contributed by atoms with Crippen molar-refractivity contribution in [1.29, 1.82) is 0 Å². The minimum Gasteiger partial charge on any atom is -0.395 e. The molecule has 84 valence electrons. The van der Waals surface area contributed by atoms with Gasteiger partial charge in [-0.15, -0.1) is 11.8 Å². The van der Waals surface area contributed by atoms with Crippen molar-refractivity contribution in [1.82, 2.24) is 10.6 Å². The van der Waals surface area contributed by atoms with Crippen LogP contribution in [0.2, 0.25) is 0 Å². The van der Waals surface area contributed by atoms with Crippen molar-refractivity contribution in [3.05, 3.63) is 0 Å². The van der Waals surface area contributed by atoms with Crippen LogP contribution in [0.25, 0.3) is 0 Å². The quantitative estimate of drug-likeness (QED) is 0.488. The standard InChI is InChI=1S/C8H12N2O4S/c11-2-1-9-7(13)4-15-5-3-6(12)10-8(5)14/h5,11H,1-4H2,(H,9,13)(H,10,12,14). The highest BCUT2D eigenvalue weighted by Crippen LogP contribution is 2.18. The number of hydrogen-bond donors (Lipinski definition) is 3. The summed E-state index contributed by atoms with van der Waals surface area (Å²) in [6.07, 6.45) is 0.136. The fourth-order valence-corrected chi connectivity index (χ4v) is 2.02. The van der Waals surface area contributed by atoms with Gasteiger partial charge >= 0.3 is 0 Å². The second kappa shape index (κ2) is 5.72. The van der Waals surface area contributed by atoms with E-state index in [0.29, 0.717) is 0 Å². The summed E-state index contributed by atoms with van der Waals surface area (Å²) >= 11 is 1.13. The molecule has 1 aliphatic heterocycles. The zero-order chi connectivity index (χ0) is 11.3. The second-order valence-corrected chi connectivity index (χ2v) is 4.18. The van der Waals surface area contributed by atoms with Gasteiger partial charge in [0.1, 0.15) is 0 Å². The summed E-state index contributed by atoms with van der Waals surface area (Å²) in [5.41, 5.74) is 0. The molecular formula is C8H12N2O4S. The first-order valence-electron chi connectivity index (χ1n) is 4.46. The van der Waals surface area contributed by atoms with Gasteiger partial charge in [-0.3, -0.25) is 19.7 Å². The van der Waals surface area contributed by atoms with Gasteiger partial charge in [0.25, 0.3) is 0 Å². The van der Waals surface area contributed by atoms with E-state index >= 15 is 0 Å². The predicted molar refractivity (Wildman–Crippen MR) is 54.1 cm³/mol. The van der Waals surface area contributed by atoms with Crippen LogP contribution in [-0.2, 0) is 14.4 Å². The Bertz CT molecular complexity index is 282. The molecule has 1 aliphatic rings. The van der Waals surface area contributed by atoms with Gasteiger partial charge in [0.05, 0.1) is 17.6 Å². The van der Waals surface area contributed by atoms with E-state index in [1.807, 2.05) is 0 Å². The first-order chi connectivity index (χ1) is 7.13. The van der Waals surface area contributed by atoms with Crippen LogP contribution < -0.4 is 10.6 Å². The summed E-state index contributed by atoms with van der Waals surface area (Å²) in [6, 6.07) is 0. The monoisotopic (exact) mass is 232 g/mol. The lowest BCUT2D eigenvalue weighted by atomic mass is 10.4. The summed E-state index contributed by atoms with van der Waals surface area (Å²) in [6.45, 7) is 0.0913. The minimum absolute atomic E-state index is 0.112. The van der Waals surface area contributed by atoms with E-state index < -0.39 is 5.25 Å². The lowest BCUT2D eigenvalue weighted by Crippen LogP contribution is -2.29. The number of hydrogen-bond acceptors (Lipinski definition) is 5. The number of carbonyl (C=O) groups is 3. The van der Waals surface area contributed by atoms with Gasteiger partial charge in [0.2, 0.25) is 17.7 Å². The maximum Gasteiger partial charge on any atom is 0.240 e. The summed E-state index contributed by atoms with van der Waals surface area (Å²) in [4.78, 5) is 33.0. The van der Waals surface area contributed by atoms with Gasteiger partial charge in [0, 0.05) is 13.0 Å². The molecule has 1 unspecified atom stereocenters. The Hall–Kier alpha value is -1.08.